The molecule has 0 saturated carbocycles. The number of nitrogen functional groups attached to an aromatic ring is 2. The van der Waals surface area contributed by atoms with E-state index in [-0.39, 0.29) is 11.1 Å². The van der Waals surface area contributed by atoms with Crippen molar-refractivity contribution in [3.8, 4) is 12.1 Å². The van der Waals surface area contributed by atoms with Crippen molar-refractivity contribution in [3.63, 3.8) is 0 Å². The minimum atomic E-state index is 0.146. The average Bonchev–Trinajstić information content (AvgIpc) is 2.49. The van der Waals surface area contributed by atoms with E-state index in [2.05, 4.69) is 0 Å². The van der Waals surface area contributed by atoms with Crippen LogP contribution in [0.5, 0.6) is 0 Å². The van der Waals surface area contributed by atoms with Gasteiger partial charge in [0.25, 0.3) is 0 Å². The third kappa shape index (κ3) is 1.46. The van der Waals surface area contributed by atoms with Gasteiger partial charge >= 0.3 is 0 Å². The number of nitrogens with zero attached hydrogens (tertiary/aromatic N) is 2. The zero-order valence-electron chi connectivity index (χ0n) is 10.5. The summed E-state index contributed by atoms with van der Waals surface area (Å²) in [6.07, 6.45) is 0. The Morgan fingerprint density at radius 1 is 0.750 bits per heavy atom. The first-order valence-corrected chi connectivity index (χ1v) is 6.01. The van der Waals surface area contributed by atoms with Crippen molar-refractivity contribution in [1.29, 1.82) is 10.5 Å². The third-order valence-electron chi connectivity index (χ3n) is 3.48. The van der Waals surface area contributed by atoms with Crippen LogP contribution in [0.2, 0.25) is 0 Å². The highest BCUT2D eigenvalue weighted by Crippen LogP contribution is 2.36. The molecule has 0 bridgehead atoms. The molecule has 0 aliphatic rings. The summed E-state index contributed by atoms with van der Waals surface area (Å²) >= 11 is 0. The van der Waals surface area contributed by atoms with E-state index >= 15 is 0 Å². The molecule has 0 radical (unpaired) electrons. The second kappa shape index (κ2) is 4.15. The molecule has 0 heterocycles. The van der Waals surface area contributed by atoms with Crippen LogP contribution in [-0.2, 0) is 0 Å². The van der Waals surface area contributed by atoms with Gasteiger partial charge in [0.15, 0.2) is 0 Å². The summed E-state index contributed by atoms with van der Waals surface area (Å²) in [6, 6.07) is 15.5. The largest absolute Gasteiger partial charge is 0.397 e. The van der Waals surface area contributed by atoms with Crippen LogP contribution < -0.4 is 11.5 Å². The smallest absolute Gasteiger partial charge is 0.103 e. The van der Waals surface area contributed by atoms with E-state index in [1.807, 2.05) is 48.5 Å². The maximum Gasteiger partial charge on any atom is 0.103 e. The van der Waals surface area contributed by atoms with Crippen molar-refractivity contribution in [1.82, 2.24) is 0 Å². The molecule has 0 saturated heterocycles. The van der Waals surface area contributed by atoms with Crippen LogP contribution >= 0.6 is 0 Å². The molecule has 0 amide bonds. The van der Waals surface area contributed by atoms with Gasteiger partial charge in [0.2, 0.25) is 0 Å². The molecule has 0 atom stereocenters. The van der Waals surface area contributed by atoms with Crippen LogP contribution in [0.1, 0.15) is 11.1 Å². The monoisotopic (exact) mass is 258 g/mol. The van der Waals surface area contributed by atoms with Crippen LogP contribution in [0.4, 0.5) is 11.4 Å². The van der Waals surface area contributed by atoms with Gasteiger partial charge in [0.1, 0.15) is 12.1 Å². The number of anilines is 2. The molecule has 0 unspecified atom stereocenters. The highest BCUT2D eigenvalue weighted by molar-refractivity contribution is 6.11. The Labute approximate surface area is 115 Å². The van der Waals surface area contributed by atoms with Gasteiger partial charge < -0.3 is 11.5 Å². The van der Waals surface area contributed by atoms with E-state index in [1.54, 1.807) is 0 Å². The van der Waals surface area contributed by atoms with Gasteiger partial charge in [-0.2, -0.15) is 10.5 Å². The Balaban J connectivity index is 2.60. The highest BCUT2D eigenvalue weighted by Gasteiger charge is 2.16. The number of hydrogen-bond acceptors (Lipinski definition) is 4. The molecule has 4 heteroatoms. The normalized spacial score (nSPS) is 10.3. The van der Waals surface area contributed by atoms with Crippen molar-refractivity contribution >= 4 is 32.9 Å². The maximum atomic E-state index is 9.19. The molecule has 3 aromatic rings. The number of hydrogen-bond donors (Lipinski definition) is 2. The summed E-state index contributed by atoms with van der Waals surface area (Å²) in [6.45, 7) is 0. The maximum absolute atomic E-state index is 9.19. The Morgan fingerprint density at radius 2 is 1.15 bits per heavy atom. The first-order valence-electron chi connectivity index (χ1n) is 6.01. The minimum Gasteiger partial charge on any atom is -0.397 e. The average molecular weight is 258 g/mol. The molecule has 0 aliphatic heterocycles. The first kappa shape index (κ1) is 11.8. The molecule has 0 aromatic heterocycles. The van der Waals surface area contributed by atoms with Gasteiger partial charge in [0.05, 0.1) is 22.5 Å². The second-order valence-electron chi connectivity index (χ2n) is 4.55. The highest BCUT2D eigenvalue weighted by atomic mass is 14.6. The number of nitrogens with two attached hydrogens (primary N) is 2. The molecular weight excluding hydrogens is 248 g/mol. The molecular formula is C16H10N4. The van der Waals surface area contributed by atoms with E-state index in [0.717, 1.165) is 10.8 Å². The van der Waals surface area contributed by atoms with Crippen molar-refractivity contribution in [2.75, 3.05) is 11.5 Å². The summed E-state index contributed by atoms with van der Waals surface area (Å²) in [7, 11) is 0. The minimum absolute atomic E-state index is 0.146. The fourth-order valence-electron chi connectivity index (χ4n) is 2.46. The lowest BCUT2D eigenvalue weighted by Gasteiger charge is -2.11. The molecule has 4 nitrogen and oxygen atoms in total. The molecule has 20 heavy (non-hydrogen) atoms. The fraction of sp³-hybridized carbons (Fsp3) is 0. The fourth-order valence-corrected chi connectivity index (χ4v) is 2.46. The van der Waals surface area contributed by atoms with Gasteiger partial charge in [-0.3, -0.25) is 0 Å². The van der Waals surface area contributed by atoms with E-state index < -0.39 is 0 Å². The van der Waals surface area contributed by atoms with E-state index in [9.17, 15) is 10.5 Å². The quantitative estimate of drug-likeness (QED) is 0.478. The number of rotatable bonds is 0. The zero-order valence-corrected chi connectivity index (χ0v) is 10.5. The Kier molecular flexibility index (Phi) is 2.45. The lowest BCUT2D eigenvalue weighted by molar-refractivity contribution is 1.45. The number of fused-ring (bicyclic) bond motifs is 2. The van der Waals surface area contributed by atoms with Crippen molar-refractivity contribution in [2.45, 2.75) is 0 Å². The van der Waals surface area contributed by atoms with Crippen LogP contribution in [0.3, 0.4) is 0 Å². The standard InChI is InChI=1S/C16H10N4/c17-7-13-14(8-18)16(20)12-6-10-4-2-1-3-9(10)5-11(12)15(13)19/h1-6H,19-20H2. The van der Waals surface area contributed by atoms with Gasteiger partial charge in [-0.25, -0.2) is 0 Å². The van der Waals surface area contributed by atoms with Crippen LogP contribution in [-0.4, -0.2) is 0 Å². The molecule has 94 valence electrons. The number of nitriles is 2. The molecule has 0 spiro atoms. The lowest BCUT2D eigenvalue weighted by atomic mass is 9.95. The zero-order chi connectivity index (χ0) is 14.3. The summed E-state index contributed by atoms with van der Waals surface area (Å²) < 4.78 is 0. The van der Waals surface area contributed by atoms with Gasteiger partial charge in [-0.05, 0) is 22.9 Å². The molecule has 0 aliphatic carbocycles. The lowest BCUT2D eigenvalue weighted by Crippen LogP contribution is -2.01. The van der Waals surface area contributed by atoms with E-state index in [0.29, 0.717) is 22.1 Å². The van der Waals surface area contributed by atoms with Crippen molar-refractivity contribution in [3.05, 3.63) is 47.5 Å². The summed E-state index contributed by atoms with van der Waals surface area (Å²) in [5.41, 5.74) is 13.0. The van der Waals surface area contributed by atoms with Gasteiger partial charge in [-0.15, -0.1) is 0 Å². The Hall–Kier alpha value is -3.24. The van der Waals surface area contributed by atoms with Crippen LogP contribution in [0.25, 0.3) is 21.5 Å². The summed E-state index contributed by atoms with van der Waals surface area (Å²) in [4.78, 5) is 0. The van der Waals surface area contributed by atoms with E-state index in [1.165, 1.54) is 0 Å². The van der Waals surface area contributed by atoms with E-state index in [4.69, 9.17) is 11.5 Å². The molecule has 0 fully saturated rings. The van der Waals surface area contributed by atoms with Gasteiger partial charge in [0, 0.05) is 10.8 Å². The Morgan fingerprint density at radius 3 is 1.50 bits per heavy atom. The van der Waals surface area contributed by atoms with Gasteiger partial charge in [-0.1, -0.05) is 24.3 Å². The second-order valence-corrected chi connectivity index (χ2v) is 4.55. The first-order chi connectivity index (χ1) is 9.67. The molecule has 3 rings (SSSR count). The summed E-state index contributed by atoms with van der Waals surface area (Å²) in [5, 5.41) is 21.8. The third-order valence-corrected chi connectivity index (χ3v) is 3.48. The molecule has 4 N–H and O–H groups in total. The Bertz CT molecular complexity index is 865. The topological polar surface area (TPSA) is 99.6 Å². The predicted octanol–water partition coefficient (Wildman–Crippen LogP) is 2.90. The number of benzene rings is 3. The van der Waals surface area contributed by atoms with Crippen molar-refractivity contribution in [2.24, 2.45) is 0 Å². The summed E-state index contributed by atoms with van der Waals surface area (Å²) in [5.74, 6) is 0. The predicted molar refractivity (Wildman–Crippen MR) is 79.7 cm³/mol. The van der Waals surface area contributed by atoms with Crippen LogP contribution in [0, 0.1) is 22.7 Å². The van der Waals surface area contributed by atoms with Crippen molar-refractivity contribution < 1.29 is 0 Å². The molecule has 3 aromatic carbocycles. The van der Waals surface area contributed by atoms with Crippen LogP contribution in [0.15, 0.2) is 36.4 Å². The SMILES string of the molecule is N#Cc1c(C#N)c(N)c2cc3ccccc3cc2c1N.